The van der Waals surface area contributed by atoms with Crippen molar-refractivity contribution < 1.29 is 14.7 Å². The SMILES string of the molecule is Cc1ccc(C=CC(=O)O)cc1C(=O)NCC(C)C. The second kappa shape index (κ2) is 6.73. The molecule has 1 aromatic carbocycles. The van der Waals surface area contributed by atoms with Crippen molar-refractivity contribution in [1.82, 2.24) is 5.32 Å². The van der Waals surface area contributed by atoms with Gasteiger partial charge in [-0.15, -0.1) is 0 Å². The molecule has 0 aromatic heterocycles. The molecule has 19 heavy (non-hydrogen) atoms. The van der Waals surface area contributed by atoms with E-state index in [4.69, 9.17) is 5.11 Å². The van der Waals surface area contributed by atoms with Gasteiger partial charge in [-0.1, -0.05) is 26.0 Å². The average Bonchev–Trinajstić information content (AvgIpc) is 2.34. The second-order valence-electron chi connectivity index (χ2n) is 4.85. The first-order valence-corrected chi connectivity index (χ1v) is 6.20. The zero-order chi connectivity index (χ0) is 14.4. The lowest BCUT2D eigenvalue weighted by Gasteiger charge is -2.10. The number of carboxylic acids is 1. The van der Waals surface area contributed by atoms with Gasteiger partial charge in [0, 0.05) is 18.2 Å². The minimum absolute atomic E-state index is 0.128. The molecule has 1 amide bonds. The highest BCUT2D eigenvalue weighted by Crippen LogP contribution is 2.12. The van der Waals surface area contributed by atoms with Gasteiger partial charge in [0.05, 0.1) is 0 Å². The van der Waals surface area contributed by atoms with Crippen LogP contribution in [0.15, 0.2) is 24.3 Å². The fourth-order valence-electron chi connectivity index (χ4n) is 1.55. The van der Waals surface area contributed by atoms with E-state index in [1.807, 2.05) is 26.8 Å². The van der Waals surface area contributed by atoms with Crippen molar-refractivity contribution in [3.63, 3.8) is 0 Å². The van der Waals surface area contributed by atoms with E-state index in [1.54, 1.807) is 12.1 Å². The largest absolute Gasteiger partial charge is 0.478 e. The number of hydrogen-bond donors (Lipinski definition) is 2. The second-order valence-corrected chi connectivity index (χ2v) is 4.85. The van der Waals surface area contributed by atoms with E-state index in [9.17, 15) is 9.59 Å². The van der Waals surface area contributed by atoms with Gasteiger partial charge in [0.15, 0.2) is 0 Å². The van der Waals surface area contributed by atoms with Crippen molar-refractivity contribution >= 4 is 18.0 Å². The fourth-order valence-corrected chi connectivity index (χ4v) is 1.55. The molecule has 0 aliphatic carbocycles. The fraction of sp³-hybridized carbons (Fsp3) is 0.333. The Morgan fingerprint density at radius 3 is 2.63 bits per heavy atom. The maximum atomic E-state index is 12.0. The Kier molecular flexibility index (Phi) is 5.30. The number of carbonyl (C=O) groups excluding carboxylic acids is 1. The van der Waals surface area contributed by atoms with Crippen LogP contribution in [0.4, 0.5) is 0 Å². The number of carbonyl (C=O) groups is 2. The summed E-state index contributed by atoms with van der Waals surface area (Å²) < 4.78 is 0. The van der Waals surface area contributed by atoms with Gasteiger partial charge in [0.2, 0.25) is 0 Å². The lowest BCUT2D eigenvalue weighted by Crippen LogP contribution is -2.27. The Balaban J connectivity index is 2.90. The predicted octanol–water partition coefficient (Wildman–Crippen LogP) is 2.48. The predicted molar refractivity (Wildman–Crippen MR) is 75.0 cm³/mol. The van der Waals surface area contributed by atoms with E-state index < -0.39 is 5.97 Å². The molecule has 102 valence electrons. The molecule has 4 heteroatoms. The summed E-state index contributed by atoms with van der Waals surface area (Å²) in [7, 11) is 0. The van der Waals surface area contributed by atoms with Crippen LogP contribution in [-0.2, 0) is 4.79 Å². The molecule has 0 fully saturated rings. The number of aliphatic carboxylic acids is 1. The van der Waals surface area contributed by atoms with Gasteiger partial charge in [-0.25, -0.2) is 4.79 Å². The molecule has 1 aromatic rings. The number of nitrogens with one attached hydrogen (secondary N) is 1. The van der Waals surface area contributed by atoms with Crippen LogP contribution in [0, 0.1) is 12.8 Å². The third-order valence-electron chi connectivity index (χ3n) is 2.60. The number of benzene rings is 1. The van der Waals surface area contributed by atoms with E-state index >= 15 is 0 Å². The van der Waals surface area contributed by atoms with Gasteiger partial charge in [0.25, 0.3) is 5.91 Å². The number of rotatable bonds is 5. The van der Waals surface area contributed by atoms with Crippen LogP contribution >= 0.6 is 0 Å². The maximum absolute atomic E-state index is 12.0. The lowest BCUT2D eigenvalue weighted by atomic mass is 10.0. The molecule has 0 saturated carbocycles. The molecule has 0 saturated heterocycles. The average molecular weight is 261 g/mol. The third-order valence-corrected chi connectivity index (χ3v) is 2.60. The van der Waals surface area contributed by atoms with Gasteiger partial charge >= 0.3 is 5.97 Å². The smallest absolute Gasteiger partial charge is 0.328 e. The molecular formula is C15H19NO3. The molecule has 0 radical (unpaired) electrons. The highest BCUT2D eigenvalue weighted by atomic mass is 16.4. The van der Waals surface area contributed by atoms with Gasteiger partial charge < -0.3 is 10.4 Å². The van der Waals surface area contributed by atoms with Crippen LogP contribution < -0.4 is 5.32 Å². The first kappa shape index (κ1) is 15.0. The number of aryl methyl sites for hydroxylation is 1. The molecule has 0 spiro atoms. The zero-order valence-electron chi connectivity index (χ0n) is 11.4. The normalized spacial score (nSPS) is 10.9. The first-order valence-electron chi connectivity index (χ1n) is 6.20. The van der Waals surface area contributed by atoms with E-state index in [0.29, 0.717) is 23.6 Å². The van der Waals surface area contributed by atoms with Gasteiger partial charge in [-0.2, -0.15) is 0 Å². The Bertz CT molecular complexity index is 504. The number of hydrogen-bond acceptors (Lipinski definition) is 2. The topological polar surface area (TPSA) is 66.4 Å². The zero-order valence-corrected chi connectivity index (χ0v) is 11.4. The van der Waals surface area contributed by atoms with Crippen LogP contribution in [0.2, 0.25) is 0 Å². The number of carboxylic acid groups (broad SMARTS) is 1. The summed E-state index contributed by atoms with van der Waals surface area (Å²) in [6.07, 6.45) is 2.53. The van der Waals surface area contributed by atoms with Gasteiger partial charge in [-0.3, -0.25) is 4.79 Å². The van der Waals surface area contributed by atoms with Crippen LogP contribution in [0.5, 0.6) is 0 Å². The van der Waals surface area contributed by atoms with E-state index in [1.165, 1.54) is 6.08 Å². The molecular weight excluding hydrogens is 242 g/mol. The van der Waals surface area contributed by atoms with Crippen LogP contribution in [0.1, 0.15) is 35.3 Å². The summed E-state index contributed by atoms with van der Waals surface area (Å²) in [4.78, 5) is 22.5. The minimum Gasteiger partial charge on any atom is -0.478 e. The van der Waals surface area contributed by atoms with Crippen molar-refractivity contribution in [1.29, 1.82) is 0 Å². The highest BCUT2D eigenvalue weighted by molar-refractivity contribution is 5.96. The van der Waals surface area contributed by atoms with Crippen molar-refractivity contribution in [2.24, 2.45) is 5.92 Å². The van der Waals surface area contributed by atoms with E-state index in [0.717, 1.165) is 11.6 Å². The molecule has 0 unspecified atom stereocenters. The Labute approximate surface area is 113 Å². The summed E-state index contributed by atoms with van der Waals surface area (Å²) >= 11 is 0. The molecule has 0 bridgehead atoms. The van der Waals surface area contributed by atoms with Gasteiger partial charge in [-0.05, 0) is 36.1 Å². The van der Waals surface area contributed by atoms with Crippen LogP contribution in [-0.4, -0.2) is 23.5 Å². The molecule has 0 aliphatic heterocycles. The maximum Gasteiger partial charge on any atom is 0.328 e. The monoisotopic (exact) mass is 261 g/mol. The van der Waals surface area contributed by atoms with Crippen LogP contribution in [0.25, 0.3) is 6.08 Å². The summed E-state index contributed by atoms with van der Waals surface area (Å²) in [6, 6.07) is 5.30. The summed E-state index contributed by atoms with van der Waals surface area (Å²) in [5.41, 5.74) is 2.14. The lowest BCUT2D eigenvalue weighted by molar-refractivity contribution is -0.131. The van der Waals surface area contributed by atoms with Gasteiger partial charge in [0.1, 0.15) is 0 Å². The standard InChI is InChI=1S/C15H19NO3/c1-10(2)9-16-15(19)13-8-12(5-4-11(13)3)6-7-14(17)18/h4-8,10H,9H2,1-3H3,(H,16,19)(H,17,18). The first-order chi connectivity index (χ1) is 8.90. The van der Waals surface area contributed by atoms with E-state index in [-0.39, 0.29) is 5.91 Å². The summed E-state index contributed by atoms with van der Waals surface area (Å²) in [5, 5.41) is 11.4. The Morgan fingerprint density at radius 1 is 1.37 bits per heavy atom. The molecule has 4 nitrogen and oxygen atoms in total. The quantitative estimate of drug-likeness (QED) is 0.800. The van der Waals surface area contributed by atoms with Crippen molar-refractivity contribution in [3.05, 3.63) is 41.0 Å². The Hall–Kier alpha value is -2.10. The molecule has 0 heterocycles. The summed E-state index contributed by atoms with van der Waals surface area (Å²) in [6.45, 7) is 6.53. The summed E-state index contributed by atoms with van der Waals surface area (Å²) in [5.74, 6) is -0.748. The van der Waals surface area contributed by atoms with Crippen molar-refractivity contribution in [2.75, 3.05) is 6.54 Å². The van der Waals surface area contributed by atoms with Crippen molar-refractivity contribution in [2.45, 2.75) is 20.8 Å². The Morgan fingerprint density at radius 2 is 2.05 bits per heavy atom. The highest BCUT2D eigenvalue weighted by Gasteiger charge is 2.09. The molecule has 2 N–H and O–H groups in total. The molecule has 0 aliphatic rings. The van der Waals surface area contributed by atoms with Crippen molar-refractivity contribution in [3.8, 4) is 0 Å². The third kappa shape index (κ3) is 4.95. The van der Waals surface area contributed by atoms with E-state index in [2.05, 4.69) is 5.32 Å². The molecule has 1 rings (SSSR count). The number of amides is 1. The van der Waals surface area contributed by atoms with Crippen LogP contribution in [0.3, 0.4) is 0 Å². The minimum atomic E-state index is -1.01. The molecule has 0 atom stereocenters.